The Labute approximate surface area is 161 Å². The van der Waals surface area contributed by atoms with Crippen LogP contribution in [0.5, 0.6) is 5.75 Å². The highest BCUT2D eigenvalue weighted by molar-refractivity contribution is 5.83. The van der Waals surface area contributed by atoms with Crippen molar-refractivity contribution >= 4 is 12.4 Å². The number of rotatable bonds is 12. The van der Waals surface area contributed by atoms with Crippen LogP contribution in [0.4, 0.5) is 0 Å². The van der Waals surface area contributed by atoms with Gasteiger partial charge in [0.2, 0.25) is 0 Å². The molecule has 0 radical (unpaired) electrons. The van der Waals surface area contributed by atoms with Gasteiger partial charge in [-0.1, -0.05) is 18.1 Å². The quantitative estimate of drug-likeness (QED) is 0.150. The van der Waals surface area contributed by atoms with Crippen molar-refractivity contribution in [3.8, 4) is 18.1 Å². The molecule has 27 heavy (non-hydrogen) atoms. The Bertz CT molecular complexity index is 715. The number of aliphatic hydroxyl groups excluding tert-OH is 1. The Morgan fingerprint density at radius 3 is 2.44 bits per heavy atom. The van der Waals surface area contributed by atoms with E-state index in [4.69, 9.17) is 6.42 Å². The van der Waals surface area contributed by atoms with Gasteiger partial charge in [-0.2, -0.15) is 0 Å². The number of allylic oxidation sites excluding steroid dienone is 3. The van der Waals surface area contributed by atoms with Crippen LogP contribution in [0.25, 0.3) is 0 Å². The van der Waals surface area contributed by atoms with Crippen molar-refractivity contribution in [3.05, 3.63) is 53.3 Å². The second-order valence-corrected chi connectivity index (χ2v) is 5.70. The number of para-hydroxylation sites is 1. The fourth-order valence-electron chi connectivity index (χ4n) is 2.00. The zero-order valence-corrected chi connectivity index (χ0v) is 15.7. The number of hydrogen-bond acceptors (Lipinski definition) is 6. The lowest BCUT2D eigenvalue weighted by atomic mass is 10.2. The summed E-state index contributed by atoms with van der Waals surface area (Å²) in [6.45, 7) is 6.28. The highest BCUT2D eigenvalue weighted by atomic mass is 16.3. The number of aliphatic imine (C=N–C) groups is 2. The van der Waals surface area contributed by atoms with E-state index in [2.05, 4.69) is 26.5 Å². The third-order valence-electron chi connectivity index (χ3n) is 3.51. The molecule has 1 aromatic rings. The van der Waals surface area contributed by atoms with Crippen molar-refractivity contribution < 1.29 is 10.2 Å². The minimum absolute atomic E-state index is 0.124. The van der Waals surface area contributed by atoms with Crippen molar-refractivity contribution in [1.82, 2.24) is 10.6 Å². The van der Waals surface area contributed by atoms with E-state index in [0.717, 1.165) is 31.7 Å². The number of hydrogen-bond donors (Lipinski definition) is 4. The third kappa shape index (κ3) is 10.6. The average molecular weight is 368 g/mol. The van der Waals surface area contributed by atoms with Crippen LogP contribution in [0.15, 0.2) is 57.7 Å². The summed E-state index contributed by atoms with van der Waals surface area (Å²) in [7, 11) is 0. The maximum Gasteiger partial charge on any atom is 0.124 e. The highest BCUT2D eigenvalue weighted by Crippen LogP contribution is 2.12. The van der Waals surface area contributed by atoms with E-state index < -0.39 is 0 Å². The van der Waals surface area contributed by atoms with Gasteiger partial charge >= 0.3 is 0 Å². The molecule has 144 valence electrons. The molecule has 0 atom stereocenters. The van der Waals surface area contributed by atoms with E-state index in [1.165, 1.54) is 12.2 Å². The van der Waals surface area contributed by atoms with Gasteiger partial charge in [0.25, 0.3) is 0 Å². The van der Waals surface area contributed by atoms with E-state index in [-0.39, 0.29) is 11.5 Å². The predicted molar refractivity (Wildman–Crippen MR) is 113 cm³/mol. The zero-order valence-electron chi connectivity index (χ0n) is 15.7. The smallest absolute Gasteiger partial charge is 0.124 e. The second-order valence-electron chi connectivity index (χ2n) is 5.70. The maximum absolute atomic E-state index is 9.65. The van der Waals surface area contributed by atoms with Gasteiger partial charge < -0.3 is 20.8 Å². The number of aromatic hydroxyl groups is 1. The van der Waals surface area contributed by atoms with Crippen LogP contribution in [-0.2, 0) is 0 Å². The van der Waals surface area contributed by atoms with Crippen molar-refractivity contribution in [2.24, 2.45) is 9.98 Å². The summed E-state index contributed by atoms with van der Waals surface area (Å²) >= 11 is 0. The molecule has 4 N–H and O–H groups in total. The molecule has 0 saturated carbocycles. The molecule has 0 fully saturated rings. The lowest BCUT2D eigenvalue weighted by Gasteiger charge is -2.04. The van der Waals surface area contributed by atoms with Crippen LogP contribution in [0.3, 0.4) is 0 Å². The summed E-state index contributed by atoms with van der Waals surface area (Å²) in [5, 5.41) is 25.8. The molecule has 0 unspecified atom stereocenters. The molecule has 1 rings (SSSR count). The minimum atomic E-state index is 0.124. The number of phenolic OH excluding ortho intramolecular Hbond substituents is 1. The zero-order chi connectivity index (χ0) is 19.7. The summed E-state index contributed by atoms with van der Waals surface area (Å²) in [5.74, 6) is 2.69. The molecule has 6 nitrogen and oxygen atoms in total. The molecular weight excluding hydrogens is 340 g/mol. The summed E-state index contributed by atoms with van der Waals surface area (Å²) in [6, 6.07) is 7.12. The van der Waals surface area contributed by atoms with Crippen LogP contribution >= 0.6 is 0 Å². The first-order valence-electron chi connectivity index (χ1n) is 8.86. The van der Waals surface area contributed by atoms with Gasteiger partial charge in [0.15, 0.2) is 0 Å². The first-order valence-corrected chi connectivity index (χ1v) is 8.86. The molecule has 0 saturated heterocycles. The van der Waals surface area contributed by atoms with Crippen molar-refractivity contribution in [2.75, 3.05) is 39.3 Å². The summed E-state index contributed by atoms with van der Waals surface area (Å²) in [6.07, 6.45) is 11.3. The Kier molecular flexibility index (Phi) is 11.7. The van der Waals surface area contributed by atoms with Crippen molar-refractivity contribution in [1.29, 1.82) is 0 Å². The Balaban J connectivity index is 2.03. The van der Waals surface area contributed by atoms with Crippen LogP contribution < -0.4 is 10.6 Å². The third-order valence-corrected chi connectivity index (χ3v) is 3.51. The second kappa shape index (κ2) is 14.3. The molecule has 1 aromatic carbocycles. The fraction of sp³-hybridized carbons (Fsp3) is 0.333. The largest absolute Gasteiger partial charge is 0.508 e. The number of aliphatic hydroxyl groups is 1. The van der Waals surface area contributed by atoms with Gasteiger partial charge in [-0.3, -0.25) is 9.98 Å². The van der Waals surface area contributed by atoms with E-state index in [9.17, 15) is 10.2 Å². The van der Waals surface area contributed by atoms with Gasteiger partial charge in [0.05, 0.1) is 13.1 Å². The minimum Gasteiger partial charge on any atom is -0.508 e. The fourth-order valence-corrected chi connectivity index (χ4v) is 2.00. The molecule has 0 aromatic heterocycles. The lowest BCUT2D eigenvalue weighted by Crippen LogP contribution is -2.30. The molecular formula is C21H28N4O2. The van der Waals surface area contributed by atoms with E-state index >= 15 is 0 Å². The van der Waals surface area contributed by atoms with Crippen LogP contribution in [0.1, 0.15) is 12.5 Å². The number of nitrogens with one attached hydrogen (secondary N) is 2. The Morgan fingerprint density at radius 2 is 1.78 bits per heavy atom. The Hall–Kier alpha value is -2.88. The van der Waals surface area contributed by atoms with E-state index in [1.807, 2.05) is 12.1 Å². The lowest BCUT2D eigenvalue weighted by molar-refractivity contribution is 0.429. The SMILES string of the molecule is C#C\C=C/C(O)=C(C)/C=N\CCNCCNCC/N=C\c1ccccc1O. The van der Waals surface area contributed by atoms with Gasteiger partial charge in [-0.25, -0.2) is 0 Å². The van der Waals surface area contributed by atoms with Gasteiger partial charge in [-0.15, -0.1) is 6.42 Å². The Morgan fingerprint density at radius 1 is 1.11 bits per heavy atom. The molecule has 0 heterocycles. The normalized spacial score (nSPS) is 12.7. The summed E-state index contributed by atoms with van der Waals surface area (Å²) in [4.78, 5) is 8.53. The molecule has 6 heteroatoms. The standard InChI is InChI=1S/C21H28N4O2/c1-3-4-8-20(26)18(2)16-24-14-12-22-10-11-23-13-15-25-17-19-7-5-6-9-21(19)27/h1,4-9,16-17,22-23,26-27H,10-15H2,2H3/b8-4-,20-18-,24-16-,25-17-. The highest BCUT2D eigenvalue weighted by Gasteiger charge is 1.94. The molecule has 0 aliphatic heterocycles. The average Bonchev–Trinajstić information content (AvgIpc) is 2.68. The predicted octanol–water partition coefficient (Wildman–Crippen LogP) is 2.08. The van der Waals surface area contributed by atoms with E-state index in [1.54, 1.807) is 31.5 Å². The first kappa shape index (κ1) is 22.2. The van der Waals surface area contributed by atoms with Crippen molar-refractivity contribution in [3.63, 3.8) is 0 Å². The molecule has 0 amide bonds. The number of terminal acetylenes is 1. The monoisotopic (exact) mass is 368 g/mol. The topological polar surface area (TPSA) is 89.2 Å². The van der Waals surface area contributed by atoms with Crippen LogP contribution in [0, 0.1) is 12.3 Å². The van der Waals surface area contributed by atoms with Gasteiger partial charge in [0, 0.05) is 49.7 Å². The molecule has 0 aliphatic rings. The summed E-state index contributed by atoms with van der Waals surface area (Å²) in [5.41, 5.74) is 1.40. The number of benzene rings is 1. The van der Waals surface area contributed by atoms with Crippen molar-refractivity contribution in [2.45, 2.75) is 6.92 Å². The number of nitrogens with zero attached hydrogens (tertiary/aromatic N) is 2. The maximum atomic E-state index is 9.65. The first-order chi connectivity index (χ1) is 13.1. The van der Waals surface area contributed by atoms with Crippen LogP contribution in [-0.4, -0.2) is 61.9 Å². The molecule has 0 bridgehead atoms. The van der Waals surface area contributed by atoms with Gasteiger partial charge in [-0.05, 0) is 31.2 Å². The molecule has 0 spiro atoms. The van der Waals surface area contributed by atoms with Crippen LogP contribution in [0.2, 0.25) is 0 Å². The number of phenols is 1. The molecule has 0 aliphatic carbocycles. The summed E-state index contributed by atoms with van der Waals surface area (Å²) < 4.78 is 0. The van der Waals surface area contributed by atoms with Gasteiger partial charge in [0.1, 0.15) is 11.5 Å². The van der Waals surface area contributed by atoms with E-state index in [0.29, 0.717) is 18.7 Å².